The molecule has 0 bridgehead atoms. The van der Waals surface area contributed by atoms with E-state index in [2.05, 4.69) is 21.2 Å². The molecule has 0 saturated heterocycles. The molecule has 3 rings (SSSR count). The summed E-state index contributed by atoms with van der Waals surface area (Å²) in [6.45, 7) is 2.37. The number of hydrogen-bond donors (Lipinski definition) is 3. The molecule has 3 N–H and O–H groups in total. The van der Waals surface area contributed by atoms with Crippen molar-refractivity contribution in [3.05, 3.63) is 48.7 Å². The summed E-state index contributed by atoms with van der Waals surface area (Å²) in [4.78, 5) is 19.8. The first-order valence-corrected chi connectivity index (χ1v) is 13.0. The van der Waals surface area contributed by atoms with Crippen LogP contribution in [0.15, 0.2) is 53.0 Å². The summed E-state index contributed by atoms with van der Waals surface area (Å²) in [6, 6.07) is 7.02. The average molecular weight is 472 g/mol. The molecule has 0 spiro atoms. The predicted octanol–water partition coefficient (Wildman–Crippen LogP) is 1.77. The molecular formula is C17H21N4O6PS2. The molecule has 1 aliphatic heterocycles. The molecule has 0 fully saturated rings. The number of rotatable bonds is 10. The maximum atomic E-state index is 12.1. The highest BCUT2D eigenvalue weighted by molar-refractivity contribution is 7.91. The molecular weight excluding hydrogens is 451 g/mol. The molecule has 0 saturated carbocycles. The van der Waals surface area contributed by atoms with Crippen LogP contribution in [0, 0.1) is 0 Å². The number of sulfonamides is 1. The van der Waals surface area contributed by atoms with Crippen LogP contribution in [0.25, 0.3) is 10.6 Å². The van der Waals surface area contributed by atoms with Gasteiger partial charge in [-0.15, -0.1) is 10.2 Å². The molecule has 0 aliphatic carbocycles. The van der Waals surface area contributed by atoms with Gasteiger partial charge in [0.2, 0.25) is 4.34 Å². The third-order valence-corrected chi connectivity index (χ3v) is 7.47. The van der Waals surface area contributed by atoms with Crippen molar-refractivity contribution in [1.29, 1.82) is 0 Å². The van der Waals surface area contributed by atoms with E-state index in [4.69, 9.17) is 14.5 Å². The minimum absolute atomic E-state index is 0.364. The molecule has 2 heterocycles. The summed E-state index contributed by atoms with van der Waals surface area (Å²) in [6.07, 6.45) is 8.04. The zero-order valence-electron chi connectivity index (χ0n) is 15.8. The van der Waals surface area contributed by atoms with E-state index in [1.807, 2.05) is 23.1 Å². The lowest BCUT2D eigenvalue weighted by atomic mass is 10.2. The molecule has 162 valence electrons. The number of ether oxygens (including phenoxy) is 1. The van der Waals surface area contributed by atoms with E-state index in [1.54, 1.807) is 24.3 Å². The Kier molecular flexibility index (Phi) is 7.40. The van der Waals surface area contributed by atoms with Crippen LogP contribution in [0.3, 0.4) is 0 Å². The summed E-state index contributed by atoms with van der Waals surface area (Å²) in [5.41, 5.74) is 0.654. The van der Waals surface area contributed by atoms with Gasteiger partial charge >= 0.3 is 7.60 Å². The fourth-order valence-electron chi connectivity index (χ4n) is 2.49. The predicted molar refractivity (Wildman–Crippen MR) is 113 cm³/mol. The Bertz CT molecular complexity index is 1060. The third-order valence-electron chi connectivity index (χ3n) is 3.94. The number of nitrogens with one attached hydrogen (secondary N) is 1. The summed E-state index contributed by atoms with van der Waals surface area (Å²) in [5, 5.41) is 7.83. The van der Waals surface area contributed by atoms with E-state index >= 15 is 0 Å². The second kappa shape index (κ2) is 9.82. The second-order valence-corrected chi connectivity index (χ2v) is 10.9. The highest BCUT2D eigenvalue weighted by Crippen LogP contribution is 2.33. The minimum atomic E-state index is -4.52. The third kappa shape index (κ3) is 6.73. The fourth-order valence-corrected chi connectivity index (χ4v) is 5.55. The van der Waals surface area contributed by atoms with Crippen LogP contribution in [0.5, 0.6) is 5.75 Å². The van der Waals surface area contributed by atoms with Crippen LogP contribution < -0.4 is 9.46 Å². The van der Waals surface area contributed by atoms with Gasteiger partial charge in [-0.3, -0.25) is 4.57 Å². The van der Waals surface area contributed by atoms with Gasteiger partial charge in [-0.1, -0.05) is 23.5 Å². The topological polar surface area (TPSA) is 142 Å². The molecule has 0 radical (unpaired) electrons. The van der Waals surface area contributed by atoms with Crippen molar-refractivity contribution in [1.82, 2.24) is 19.8 Å². The molecule has 30 heavy (non-hydrogen) atoms. The van der Waals surface area contributed by atoms with E-state index in [9.17, 15) is 13.0 Å². The van der Waals surface area contributed by atoms with E-state index in [0.717, 1.165) is 30.8 Å². The lowest BCUT2D eigenvalue weighted by molar-refractivity contribution is 0.283. The Balaban J connectivity index is 1.53. The lowest BCUT2D eigenvalue weighted by Crippen LogP contribution is -2.24. The smallest absolute Gasteiger partial charge is 0.340 e. The molecule has 1 aliphatic rings. The molecule has 1 aromatic carbocycles. The molecule has 13 heteroatoms. The monoisotopic (exact) mass is 472 g/mol. The highest BCUT2D eigenvalue weighted by Gasteiger charge is 2.24. The first-order valence-electron chi connectivity index (χ1n) is 8.91. The second-order valence-electron chi connectivity index (χ2n) is 6.33. The van der Waals surface area contributed by atoms with Gasteiger partial charge < -0.3 is 19.4 Å². The lowest BCUT2D eigenvalue weighted by Gasteiger charge is -2.20. The van der Waals surface area contributed by atoms with Crippen molar-refractivity contribution >= 4 is 29.0 Å². The molecule has 0 unspecified atom stereocenters. The number of aromatic nitrogens is 2. The van der Waals surface area contributed by atoms with Crippen molar-refractivity contribution in [2.75, 3.05) is 26.0 Å². The van der Waals surface area contributed by atoms with Gasteiger partial charge in [-0.25, -0.2) is 8.42 Å². The Morgan fingerprint density at radius 3 is 2.63 bits per heavy atom. The zero-order chi connectivity index (χ0) is 21.6. The van der Waals surface area contributed by atoms with Crippen molar-refractivity contribution in [2.45, 2.75) is 10.8 Å². The molecule has 10 nitrogen and oxygen atoms in total. The maximum Gasteiger partial charge on any atom is 0.340 e. The standard InChI is InChI=1S/C17H21N4O6PS2/c22-28(23,24)13-18-30(25,26)17-20-19-16(29-17)14-5-7-15(8-6-14)27-12-4-11-21-9-2-1-3-10-21/h1-3,5-9,18H,4,10-13H2,(H2,22,23,24). The summed E-state index contributed by atoms with van der Waals surface area (Å²) in [7, 11) is -8.66. The number of benzene rings is 1. The van der Waals surface area contributed by atoms with Crippen LogP contribution in [0.4, 0.5) is 0 Å². The average Bonchev–Trinajstić information content (AvgIpc) is 3.22. The van der Waals surface area contributed by atoms with Gasteiger partial charge in [0, 0.05) is 18.7 Å². The quantitative estimate of drug-likeness (QED) is 0.348. The van der Waals surface area contributed by atoms with Gasteiger partial charge in [-0.2, -0.15) is 4.72 Å². The van der Waals surface area contributed by atoms with Crippen LogP contribution in [0.1, 0.15) is 6.42 Å². The molecule has 2 aromatic rings. The SMILES string of the molecule is O=P(O)(O)CNS(=O)(=O)c1nnc(-c2ccc(OCCCN3C=CC=CC3)cc2)s1. The first-order chi connectivity index (χ1) is 14.2. The molecule has 0 atom stereocenters. The van der Waals surface area contributed by atoms with Crippen molar-refractivity contribution in [3.8, 4) is 16.3 Å². The van der Waals surface area contributed by atoms with E-state index in [-0.39, 0.29) is 4.34 Å². The molecule has 1 aromatic heterocycles. The van der Waals surface area contributed by atoms with Crippen molar-refractivity contribution in [2.24, 2.45) is 0 Å². The Hall–Kier alpha value is -2.08. The summed E-state index contributed by atoms with van der Waals surface area (Å²) in [5.74, 6) is 0.688. The highest BCUT2D eigenvalue weighted by atomic mass is 32.2. The van der Waals surface area contributed by atoms with E-state index in [0.29, 0.717) is 22.9 Å². The van der Waals surface area contributed by atoms with Crippen LogP contribution in [-0.4, -0.2) is 59.3 Å². The van der Waals surface area contributed by atoms with Crippen LogP contribution >= 0.6 is 18.9 Å². The fraction of sp³-hybridized carbons (Fsp3) is 0.294. The van der Waals surface area contributed by atoms with Gasteiger partial charge in [0.1, 0.15) is 17.0 Å². The number of allylic oxidation sites excluding steroid dienone is 2. The van der Waals surface area contributed by atoms with Crippen LogP contribution in [0.2, 0.25) is 0 Å². The van der Waals surface area contributed by atoms with Gasteiger partial charge in [0.25, 0.3) is 10.0 Å². The normalized spacial score (nSPS) is 14.3. The summed E-state index contributed by atoms with van der Waals surface area (Å²) >= 11 is 0.803. The van der Waals surface area contributed by atoms with Gasteiger partial charge in [0.05, 0.1) is 6.61 Å². The number of hydrogen-bond acceptors (Lipinski definition) is 8. The largest absolute Gasteiger partial charge is 0.494 e. The number of nitrogens with zero attached hydrogens (tertiary/aromatic N) is 3. The zero-order valence-corrected chi connectivity index (χ0v) is 18.3. The van der Waals surface area contributed by atoms with Gasteiger partial charge in [0.15, 0.2) is 0 Å². The van der Waals surface area contributed by atoms with Crippen molar-refractivity contribution < 1.29 is 27.5 Å². The maximum absolute atomic E-state index is 12.1. The first kappa shape index (κ1) is 22.6. The summed E-state index contributed by atoms with van der Waals surface area (Å²) < 4.78 is 42.2. The van der Waals surface area contributed by atoms with Crippen molar-refractivity contribution in [3.63, 3.8) is 0 Å². The van der Waals surface area contributed by atoms with Gasteiger partial charge in [-0.05, 0) is 43.0 Å². The Labute approximate surface area is 178 Å². The van der Waals surface area contributed by atoms with Crippen LogP contribution in [-0.2, 0) is 14.6 Å². The molecule has 0 amide bonds. The Morgan fingerprint density at radius 2 is 1.97 bits per heavy atom. The van der Waals surface area contributed by atoms with E-state index in [1.165, 1.54) is 0 Å². The Morgan fingerprint density at radius 1 is 1.20 bits per heavy atom. The van der Waals surface area contributed by atoms with E-state index < -0.39 is 23.9 Å². The minimum Gasteiger partial charge on any atom is -0.494 e.